The average Bonchev–Trinajstić information content (AvgIpc) is 2.46. The Hall–Kier alpha value is -1.59. The molecule has 23 heavy (non-hydrogen) atoms. The van der Waals surface area contributed by atoms with Gasteiger partial charge in [0.25, 0.3) is 0 Å². The standard InChI is InChI=1S/C18H28N2O3/c1-15-6-4-7-16(12-15)23-11-8-17(21)20-10-5-9-18(22,14-20)13-19(2)3/h4,6-7,12,22H,5,8-11,13-14H2,1-3H3. The molecule has 1 heterocycles. The van der Waals surface area contributed by atoms with Crippen molar-refractivity contribution in [1.29, 1.82) is 0 Å². The maximum Gasteiger partial charge on any atom is 0.226 e. The van der Waals surface area contributed by atoms with Gasteiger partial charge in [-0.25, -0.2) is 0 Å². The fourth-order valence-corrected chi connectivity index (χ4v) is 3.16. The van der Waals surface area contributed by atoms with E-state index in [-0.39, 0.29) is 5.91 Å². The van der Waals surface area contributed by atoms with Crippen LogP contribution in [0.1, 0.15) is 24.8 Å². The minimum Gasteiger partial charge on any atom is -0.493 e. The normalized spacial score (nSPS) is 21.5. The van der Waals surface area contributed by atoms with Crippen molar-refractivity contribution < 1.29 is 14.6 Å². The summed E-state index contributed by atoms with van der Waals surface area (Å²) in [6.07, 6.45) is 1.93. The number of aliphatic hydroxyl groups is 1. The number of likely N-dealkylation sites (N-methyl/N-ethyl adjacent to an activating group) is 1. The van der Waals surface area contributed by atoms with E-state index in [1.807, 2.05) is 50.2 Å². The summed E-state index contributed by atoms with van der Waals surface area (Å²) < 4.78 is 5.65. The van der Waals surface area contributed by atoms with E-state index in [4.69, 9.17) is 4.74 Å². The molecule has 1 N–H and O–H groups in total. The van der Waals surface area contributed by atoms with E-state index >= 15 is 0 Å². The summed E-state index contributed by atoms with van der Waals surface area (Å²) in [5.74, 6) is 0.843. The van der Waals surface area contributed by atoms with E-state index < -0.39 is 5.60 Å². The number of carbonyl (C=O) groups is 1. The number of hydrogen-bond acceptors (Lipinski definition) is 4. The number of rotatable bonds is 6. The van der Waals surface area contributed by atoms with Crippen molar-refractivity contribution >= 4 is 5.91 Å². The van der Waals surface area contributed by atoms with Crippen LogP contribution >= 0.6 is 0 Å². The fourth-order valence-electron chi connectivity index (χ4n) is 3.16. The van der Waals surface area contributed by atoms with E-state index in [9.17, 15) is 9.90 Å². The predicted octanol–water partition coefficient (Wildman–Crippen LogP) is 1.68. The number of piperidine rings is 1. The molecule has 128 valence electrons. The zero-order valence-corrected chi connectivity index (χ0v) is 14.4. The molecule has 5 heteroatoms. The number of amides is 1. The summed E-state index contributed by atoms with van der Waals surface area (Å²) in [5.41, 5.74) is 0.341. The van der Waals surface area contributed by atoms with Crippen LogP contribution in [0.15, 0.2) is 24.3 Å². The highest BCUT2D eigenvalue weighted by Crippen LogP contribution is 2.22. The molecule has 1 aromatic carbocycles. The summed E-state index contributed by atoms with van der Waals surface area (Å²) in [6, 6.07) is 7.81. The van der Waals surface area contributed by atoms with Crippen LogP contribution in [0.3, 0.4) is 0 Å². The summed E-state index contributed by atoms with van der Waals surface area (Å²) in [6.45, 7) is 4.09. The third-order valence-electron chi connectivity index (χ3n) is 4.09. The maximum absolute atomic E-state index is 12.4. The molecule has 0 aromatic heterocycles. The van der Waals surface area contributed by atoms with Gasteiger partial charge in [0, 0.05) is 13.1 Å². The molecular formula is C18H28N2O3. The molecule has 1 fully saturated rings. The van der Waals surface area contributed by atoms with Gasteiger partial charge in [0.1, 0.15) is 5.75 Å². The zero-order valence-electron chi connectivity index (χ0n) is 14.4. The second-order valence-corrected chi connectivity index (χ2v) is 6.80. The first-order valence-corrected chi connectivity index (χ1v) is 8.22. The van der Waals surface area contributed by atoms with Crippen LogP contribution in [0.5, 0.6) is 5.75 Å². The molecule has 1 aliphatic heterocycles. The van der Waals surface area contributed by atoms with Gasteiger partial charge in [-0.3, -0.25) is 4.79 Å². The van der Waals surface area contributed by atoms with Crippen LogP contribution < -0.4 is 4.74 Å². The molecule has 1 saturated heterocycles. The van der Waals surface area contributed by atoms with Crippen molar-refractivity contribution in [1.82, 2.24) is 9.80 Å². The summed E-state index contributed by atoms with van der Waals surface area (Å²) >= 11 is 0. The topological polar surface area (TPSA) is 53.0 Å². The van der Waals surface area contributed by atoms with Gasteiger partial charge in [-0.15, -0.1) is 0 Å². The van der Waals surface area contributed by atoms with Gasteiger partial charge in [-0.2, -0.15) is 0 Å². The molecule has 1 amide bonds. The predicted molar refractivity (Wildman–Crippen MR) is 90.6 cm³/mol. The van der Waals surface area contributed by atoms with E-state index in [0.717, 1.165) is 30.7 Å². The maximum atomic E-state index is 12.4. The molecule has 0 spiro atoms. The lowest BCUT2D eigenvalue weighted by atomic mass is 9.92. The van der Waals surface area contributed by atoms with Gasteiger partial charge in [0.05, 0.1) is 25.2 Å². The lowest BCUT2D eigenvalue weighted by Gasteiger charge is -2.40. The lowest BCUT2D eigenvalue weighted by molar-refractivity contribution is -0.139. The second-order valence-electron chi connectivity index (χ2n) is 6.80. The van der Waals surface area contributed by atoms with Crippen molar-refractivity contribution in [2.45, 2.75) is 31.8 Å². The first kappa shape index (κ1) is 17.8. The molecule has 0 saturated carbocycles. The largest absolute Gasteiger partial charge is 0.493 e. The molecule has 0 aliphatic carbocycles. The molecule has 5 nitrogen and oxygen atoms in total. The van der Waals surface area contributed by atoms with Crippen molar-refractivity contribution in [2.24, 2.45) is 0 Å². The minimum atomic E-state index is -0.797. The van der Waals surface area contributed by atoms with Crippen LogP contribution in [0.25, 0.3) is 0 Å². The van der Waals surface area contributed by atoms with Gasteiger partial charge >= 0.3 is 0 Å². The number of carbonyl (C=O) groups excluding carboxylic acids is 1. The molecule has 2 rings (SSSR count). The van der Waals surface area contributed by atoms with Gasteiger partial charge < -0.3 is 19.6 Å². The molecule has 1 aliphatic rings. The number of ether oxygens (including phenoxy) is 1. The Morgan fingerprint density at radius 1 is 1.43 bits per heavy atom. The number of β-amino-alcohol motifs (C(OH)–C–C–N with tert-alkyl or cyclic N) is 1. The van der Waals surface area contributed by atoms with Crippen molar-refractivity contribution in [3.63, 3.8) is 0 Å². The van der Waals surface area contributed by atoms with Crippen LogP contribution in [-0.4, -0.2) is 66.8 Å². The van der Waals surface area contributed by atoms with Gasteiger partial charge in [-0.05, 0) is 51.6 Å². The van der Waals surface area contributed by atoms with E-state index in [0.29, 0.717) is 26.1 Å². The Bertz CT molecular complexity index is 533. The average molecular weight is 320 g/mol. The molecule has 0 bridgehead atoms. The second kappa shape index (κ2) is 7.79. The molecule has 1 aromatic rings. The highest BCUT2D eigenvalue weighted by Gasteiger charge is 2.35. The Morgan fingerprint density at radius 2 is 2.22 bits per heavy atom. The molecule has 0 radical (unpaired) electrons. The molecule has 1 atom stereocenters. The first-order valence-electron chi connectivity index (χ1n) is 8.22. The third-order valence-corrected chi connectivity index (χ3v) is 4.09. The highest BCUT2D eigenvalue weighted by molar-refractivity contribution is 5.76. The Morgan fingerprint density at radius 3 is 2.91 bits per heavy atom. The highest BCUT2D eigenvalue weighted by atomic mass is 16.5. The number of nitrogens with zero attached hydrogens (tertiary/aromatic N) is 2. The monoisotopic (exact) mass is 320 g/mol. The summed E-state index contributed by atoms with van der Waals surface area (Å²) in [7, 11) is 3.88. The Balaban J connectivity index is 1.81. The Labute approximate surface area is 138 Å². The van der Waals surface area contributed by atoms with Crippen molar-refractivity contribution in [2.75, 3.05) is 40.3 Å². The summed E-state index contributed by atoms with van der Waals surface area (Å²) in [5, 5.41) is 10.6. The van der Waals surface area contributed by atoms with Crippen LogP contribution in [0.2, 0.25) is 0 Å². The molecular weight excluding hydrogens is 292 g/mol. The first-order chi connectivity index (χ1) is 10.9. The Kier molecular flexibility index (Phi) is 6.02. The molecule has 1 unspecified atom stereocenters. The van der Waals surface area contributed by atoms with E-state index in [2.05, 4.69) is 0 Å². The smallest absolute Gasteiger partial charge is 0.226 e. The number of hydrogen-bond donors (Lipinski definition) is 1. The van der Waals surface area contributed by atoms with Gasteiger partial charge in [-0.1, -0.05) is 12.1 Å². The minimum absolute atomic E-state index is 0.0505. The number of aryl methyl sites for hydroxylation is 1. The quantitative estimate of drug-likeness (QED) is 0.866. The van der Waals surface area contributed by atoms with Gasteiger partial charge in [0.15, 0.2) is 0 Å². The third kappa shape index (κ3) is 5.52. The van der Waals surface area contributed by atoms with Crippen molar-refractivity contribution in [3.8, 4) is 5.75 Å². The summed E-state index contributed by atoms with van der Waals surface area (Å²) in [4.78, 5) is 16.1. The van der Waals surface area contributed by atoms with Crippen LogP contribution in [-0.2, 0) is 4.79 Å². The van der Waals surface area contributed by atoms with E-state index in [1.165, 1.54) is 0 Å². The zero-order chi connectivity index (χ0) is 16.9. The number of likely N-dealkylation sites (tertiary alicyclic amines) is 1. The van der Waals surface area contributed by atoms with Gasteiger partial charge in [0.2, 0.25) is 5.91 Å². The number of benzene rings is 1. The van der Waals surface area contributed by atoms with E-state index in [1.54, 1.807) is 4.90 Å². The lowest BCUT2D eigenvalue weighted by Crippen LogP contribution is -2.54. The van der Waals surface area contributed by atoms with Crippen LogP contribution in [0.4, 0.5) is 0 Å². The fraction of sp³-hybridized carbons (Fsp3) is 0.611. The van der Waals surface area contributed by atoms with Crippen LogP contribution in [0, 0.1) is 6.92 Å². The van der Waals surface area contributed by atoms with Crippen molar-refractivity contribution in [3.05, 3.63) is 29.8 Å². The SMILES string of the molecule is Cc1cccc(OCCC(=O)N2CCCC(O)(CN(C)C)C2)c1.